The van der Waals surface area contributed by atoms with Crippen LogP contribution in [0, 0.1) is 6.92 Å². The van der Waals surface area contributed by atoms with Gasteiger partial charge in [-0.2, -0.15) is 0 Å². The molecule has 88 valence electrons. The van der Waals surface area contributed by atoms with E-state index in [1.54, 1.807) is 12.3 Å². The van der Waals surface area contributed by atoms with Crippen molar-refractivity contribution in [3.8, 4) is 5.75 Å². The molecule has 0 aliphatic carbocycles. The second-order valence-corrected chi connectivity index (χ2v) is 3.89. The summed E-state index contributed by atoms with van der Waals surface area (Å²) in [5.41, 5.74) is 1.81. The molecule has 0 fully saturated rings. The zero-order valence-electron chi connectivity index (χ0n) is 9.71. The van der Waals surface area contributed by atoms with Crippen molar-refractivity contribution in [2.24, 2.45) is 0 Å². The number of aliphatic hydroxyl groups excluding tert-OH is 1. The Labute approximate surface area is 101 Å². The van der Waals surface area contributed by atoms with Gasteiger partial charge in [-0.25, -0.2) is 0 Å². The molecule has 0 saturated carbocycles. The molecule has 0 aliphatic heterocycles. The van der Waals surface area contributed by atoms with Gasteiger partial charge >= 0.3 is 0 Å². The highest BCUT2D eigenvalue weighted by molar-refractivity contribution is 5.26. The average Bonchev–Trinajstić information content (AvgIpc) is 2.39. The van der Waals surface area contributed by atoms with Crippen molar-refractivity contribution < 1.29 is 9.84 Å². The number of hydrogen-bond acceptors (Lipinski definition) is 3. The second kappa shape index (κ2) is 5.46. The topological polar surface area (TPSA) is 42.4 Å². The van der Waals surface area contributed by atoms with Crippen LogP contribution in [0.3, 0.4) is 0 Å². The summed E-state index contributed by atoms with van der Waals surface area (Å²) in [4.78, 5) is 4.08. The first-order valence-electron chi connectivity index (χ1n) is 5.54. The number of aryl methyl sites for hydroxylation is 1. The Hall–Kier alpha value is -1.87. The number of pyridine rings is 1. The molecule has 3 nitrogen and oxygen atoms in total. The SMILES string of the molecule is Cc1ccc(OCC(O)c2ccccn2)cc1. The Bertz CT molecular complexity index is 453. The monoisotopic (exact) mass is 229 g/mol. The molecule has 0 saturated heterocycles. The lowest BCUT2D eigenvalue weighted by Gasteiger charge is -2.11. The number of aromatic nitrogens is 1. The van der Waals surface area contributed by atoms with Crippen molar-refractivity contribution >= 4 is 0 Å². The highest BCUT2D eigenvalue weighted by atomic mass is 16.5. The molecule has 1 N–H and O–H groups in total. The van der Waals surface area contributed by atoms with Crippen molar-refractivity contribution in [1.82, 2.24) is 4.98 Å². The summed E-state index contributed by atoms with van der Waals surface area (Å²) < 4.78 is 5.49. The van der Waals surface area contributed by atoms with E-state index in [1.807, 2.05) is 43.3 Å². The lowest BCUT2D eigenvalue weighted by atomic mass is 10.2. The minimum Gasteiger partial charge on any atom is -0.490 e. The Morgan fingerprint density at radius 2 is 1.94 bits per heavy atom. The van der Waals surface area contributed by atoms with Crippen LogP contribution in [-0.4, -0.2) is 16.7 Å². The van der Waals surface area contributed by atoms with E-state index in [2.05, 4.69) is 4.98 Å². The molecule has 0 aliphatic rings. The van der Waals surface area contributed by atoms with Crippen LogP contribution < -0.4 is 4.74 Å². The molecule has 1 unspecified atom stereocenters. The number of benzene rings is 1. The van der Waals surface area contributed by atoms with E-state index >= 15 is 0 Å². The highest BCUT2D eigenvalue weighted by Crippen LogP contribution is 2.15. The van der Waals surface area contributed by atoms with Crippen LogP contribution in [0.2, 0.25) is 0 Å². The van der Waals surface area contributed by atoms with Crippen LogP contribution in [0.25, 0.3) is 0 Å². The van der Waals surface area contributed by atoms with Gasteiger partial charge in [-0.15, -0.1) is 0 Å². The molecule has 17 heavy (non-hydrogen) atoms. The van der Waals surface area contributed by atoms with E-state index in [9.17, 15) is 5.11 Å². The summed E-state index contributed by atoms with van der Waals surface area (Å²) in [7, 11) is 0. The molecule has 0 radical (unpaired) electrons. The van der Waals surface area contributed by atoms with E-state index in [0.717, 1.165) is 5.75 Å². The van der Waals surface area contributed by atoms with Gasteiger partial charge in [-0.3, -0.25) is 4.98 Å². The van der Waals surface area contributed by atoms with Gasteiger partial charge in [0.1, 0.15) is 18.5 Å². The van der Waals surface area contributed by atoms with Crippen LogP contribution in [0.15, 0.2) is 48.7 Å². The van der Waals surface area contributed by atoms with Crippen molar-refractivity contribution in [2.75, 3.05) is 6.61 Å². The predicted molar refractivity (Wildman–Crippen MR) is 65.9 cm³/mol. The van der Waals surface area contributed by atoms with Crippen molar-refractivity contribution in [3.63, 3.8) is 0 Å². The van der Waals surface area contributed by atoms with Crippen molar-refractivity contribution in [2.45, 2.75) is 13.0 Å². The predicted octanol–water partition coefficient (Wildman–Crippen LogP) is 2.50. The van der Waals surface area contributed by atoms with Gasteiger partial charge in [0, 0.05) is 6.20 Å². The van der Waals surface area contributed by atoms with E-state index in [1.165, 1.54) is 5.56 Å². The summed E-state index contributed by atoms with van der Waals surface area (Å²) in [5.74, 6) is 0.755. The molecule has 0 spiro atoms. The Kier molecular flexibility index (Phi) is 3.73. The molecule has 0 amide bonds. The van der Waals surface area contributed by atoms with E-state index in [-0.39, 0.29) is 6.61 Å². The molecule has 2 aromatic rings. The molecule has 3 heteroatoms. The first kappa shape index (κ1) is 11.6. The van der Waals surface area contributed by atoms with Gasteiger partial charge in [0.15, 0.2) is 0 Å². The molecular formula is C14H15NO2. The maximum absolute atomic E-state index is 9.85. The van der Waals surface area contributed by atoms with E-state index < -0.39 is 6.10 Å². The second-order valence-electron chi connectivity index (χ2n) is 3.89. The first-order valence-corrected chi connectivity index (χ1v) is 5.54. The maximum Gasteiger partial charge on any atom is 0.130 e. The van der Waals surface area contributed by atoms with Gasteiger partial charge in [0.05, 0.1) is 5.69 Å². The number of hydrogen-bond donors (Lipinski definition) is 1. The Morgan fingerprint density at radius 3 is 2.59 bits per heavy atom. The fourth-order valence-electron chi connectivity index (χ4n) is 1.47. The van der Waals surface area contributed by atoms with Gasteiger partial charge in [0.2, 0.25) is 0 Å². The Morgan fingerprint density at radius 1 is 1.18 bits per heavy atom. The van der Waals surface area contributed by atoms with Gasteiger partial charge in [-0.05, 0) is 31.2 Å². The normalized spacial score (nSPS) is 12.1. The number of ether oxygens (including phenoxy) is 1. The zero-order chi connectivity index (χ0) is 12.1. The summed E-state index contributed by atoms with van der Waals surface area (Å²) in [6.07, 6.45) is 0.960. The maximum atomic E-state index is 9.85. The smallest absolute Gasteiger partial charge is 0.130 e. The van der Waals surface area contributed by atoms with Gasteiger partial charge < -0.3 is 9.84 Å². The first-order chi connectivity index (χ1) is 8.25. The minimum atomic E-state index is -0.697. The number of aliphatic hydroxyl groups is 1. The van der Waals surface area contributed by atoms with Crippen LogP contribution in [0.1, 0.15) is 17.4 Å². The van der Waals surface area contributed by atoms with Crippen molar-refractivity contribution in [3.05, 3.63) is 59.9 Å². The number of rotatable bonds is 4. The third-order valence-electron chi connectivity index (χ3n) is 2.46. The minimum absolute atomic E-state index is 0.208. The zero-order valence-corrected chi connectivity index (χ0v) is 9.71. The molecular weight excluding hydrogens is 214 g/mol. The molecule has 1 heterocycles. The molecule has 2 rings (SSSR count). The summed E-state index contributed by atoms with van der Waals surface area (Å²) in [5, 5.41) is 9.85. The Balaban J connectivity index is 1.92. The largest absolute Gasteiger partial charge is 0.490 e. The molecule has 0 bridgehead atoms. The lowest BCUT2D eigenvalue weighted by Crippen LogP contribution is -2.10. The summed E-state index contributed by atoms with van der Waals surface area (Å²) in [6, 6.07) is 13.2. The lowest BCUT2D eigenvalue weighted by molar-refractivity contribution is 0.104. The van der Waals surface area contributed by atoms with Gasteiger partial charge in [-0.1, -0.05) is 23.8 Å². The third-order valence-corrected chi connectivity index (χ3v) is 2.46. The summed E-state index contributed by atoms with van der Waals surface area (Å²) in [6.45, 7) is 2.23. The molecule has 1 aromatic carbocycles. The van der Waals surface area contributed by atoms with Gasteiger partial charge in [0.25, 0.3) is 0 Å². The van der Waals surface area contributed by atoms with Crippen LogP contribution >= 0.6 is 0 Å². The molecule has 1 aromatic heterocycles. The van der Waals surface area contributed by atoms with Crippen LogP contribution in [0.4, 0.5) is 0 Å². The molecule has 1 atom stereocenters. The van der Waals surface area contributed by atoms with E-state index in [4.69, 9.17) is 4.74 Å². The van der Waals surface area contributed by atoms with Crippen molar-refractivity contribution in [1.29, 1.82) is 0 Å². The van der Waals surface area contributed by atoms with E-state index in [0.29, 0.717) is 5.69 Å². The third kappa shape index (κ3) is 3.29. The standard InChI is InChI=1S/C14H15NO2/c1-11-5-7-12(8-6-11)17-10-14(16)13-4-2-3-9-15-13/h2-9,14,16H,10H2,1H3. The quantitative estimate of drug-likeness (QED) is 0.875. The fraction of sp³-hybridized carbons (Fsp3) is 0.214. The number of nitrogens with zero attached hydrogens (tertiary/aromatic N) is 1. The highest BCUT2D eigenvalue weighted by Gasteiger charge is 2.08. The summed E-state index contributed by atoms with van der Waals surface area (Å²) >= 11 is 0. The average molecular weight is 229 g/mol. The van der Waals surface area contributed by atoms with Crippen LogP contribution in [-0.2, 0) is 0 Å². The fourth-order valence-corrected chi connectivity index (χ4v) is 1.47. The van der Waals surface area contributed by atoms with Crippen LogP contribution in [0.5, 0.6) is 5.75 Å².